The van der Waals surface area contributed by atoms with E-state index in [9.17, 15) is 5.21 Å². The molecular weight excluding hydrogens is 308 g/mol. The molecule has 2 aromatic rings. The van der Waals surface area contributed by atoms with Gasteiger partial charge in [0.2, 0.25) is 11.8 Å². The maximum absolute atomic E-state index is 12.2. The van der Waals surface area contributed by atoms with E-state index in [1.807, 2.05) is 37.3 Å². The highest BCUT2D eigenvalue weighted by Gasteiger charge is 2.33. The zero-order chi connectivity index (χ0) is 16.8. The van der Waals surface area contributed by atoms with E-state index in [2.05, 4.69) is 5.32 Å². The predicted molar refractivity (Wildman–Crippen MR) is 89.0 cm³/mol. The van der Waals surface area contributed by atoms with Crippen molar-refractivity contribution in [2.75, 3.05) is 26.3 Å². The third-order valence-electron chi connectivity index (χ3n) is 3.84. The van der Waals surface area contributed by atoms with Crippen molar-refractivity contribution in [2.45, 2.75) is 19.1 Å². The summed E-state index contributed by atoms with van der Waals surface area (Å²) in [5.74, 6) is 1.25. The van der Waals surface area contributed by atoms with Crippen LogP contribution < -0.4 is 19.5 Å². The second-order valence-electron chi connectivity index (χ2n) is 5.48. The predicted octanol–water partition coefficient (Wildman–Crippen LogP) is 1.83. The number of hydrogen-bond acceptors (Lipinski definition) is 5. The maximum Gasteiger partial charge on any atom is 0.236 e. The maximum atomic E-state index is 12.2. The summed E-state index contributed by atoms with van der Waals surface area (Å²) in [6, 6.07) is 12.7. The zero-order valence-electron chi connectivity index (χ0n) is 13.7. The molecule has 1 saturated heterocycles. The fourth-order valence-electron chi connectivity index (χ4n) is 2.73. The van der Waals surface area contributed by atoms with Gasteiger partial charge in [-0.25, -0.2) is 0 Å². The first kappa shape index (κ1) is 16.5. The van der Waals surface area contributed by atoms with E-state index in [1.165, 1.54) is 6.20 Å². The van der Waals surface area contributed by atoms with E-state index in [4.69, 9.17) is 14.2 Å². The molecule has 1 aromatic carbocycles. The van der Waals surface area contributed by atoms with Crippen molar-refractivity contribution < 1.29 is 18.9 Å². The van der Waals surface area contributed by atoms with Crippen LogP contribution in [0.2, 0.25) is 0 Å². The molecular formula is C18H22N2O4. The molecule has 1 aliphatic rings. The topological polar surface area (TPSA) is 66.7 Å². The van der Waals surface area contributed by atoms with E-state index in [-0.39, 0.29) is 6.10 Å². The van der Waals surface area contributed by atoms with E-state index in [0.717, 1.165) is 11.3 Å². The molecule has 6 nitrogen and oxygen atoms in total. The number of morpholine rings is 1. The first-order chi connectivity index (χ1) is 11.8. The van der Waals surface area contributed by atoms with Crippen molar-refractivity contribution in [1.82, 2.24) is 5.32 Å². The molecule has 0 radical (unpaired) electrons. The summed E-state index contributed by atoms with van der Waals surface area (Å²) in [5.41, 5.74) is 0.512. The molecule has 128 valence electrons. The first-order valence-electron chi connectivity index (χ1n) is 8.18. The molecule has 2 unspecified atom stereocenters. The van der Waals surface area contributed by atoms with E-state index in [1.54, 1.807) is 12.1 Å². The van der Waals surface area contributed by atoms with Crippen LogP contribution in [0.5, 0.6) is 11.5 Å². The Morgan fingerprint density at radius 3 is 2.75 bits per heavy atom. The van der Waals surface area contributed by atoms with Gasteiger partial charge in [0.15, 0.2) is 17.7 Å². The second-order valence-corrected chi connectivity index (χ2v) is 5.48. The molecule has 0 aliphatic carbocycles. The molecule has 0 saturated carbocycles. The van der Waals surface area contributed by atoms with Crippen molar-refractivity contribution >= 4 is 0 Å². The normalized spacial score (nSPS) is 18.8. The lowest BCUT2D eigenvalue weighted by Crippen LogP contribution is -2.47. The molecule has 2 atom stereocenters. The fraction of sp³-hybridized carbons (Fsp3) is 0.389. The van der Waals surface area contributed by atoms with Crippen molar-refractivity contribution in [3.63, 3.8) is 0 Å². The number of aromatic nitrogens is 1. The van der Waals surface area contributed by atoms with Crippen LogP contribution in [-0.2, 0) is 4.74 Å². The summed E-state index contributed by atoms with van der Waals surface area (Å²) in [7, 11) is 0. The number of ether oxygens (including phenoxy) is 3. The number of nitrogens with zero attached hydrogens (tertiary/aromatic N) is 1. The van der Waals surface area contributed by atoms with E-state index in [0.29, 0.717) is 37.0 Å². The Balaban J connectivity index is 1.92. The summed E-state index contributed by atoms with van der Waals surface area (Å²) in [6.45, 7) is 4.47. The monoisotopic (exact) mass is 330 g/mol. The van der Waals surface area contributed by atoms with Crippen LogP contribution in [0.1, 0.15) is 18.7 Å². The summed E-state index contributed by atoms with van der Waals surface area (Å²) < 4.78 is 18.5. The molecule has 1 N–H and O–H groups in total. The minimum Gasteiger partial charge on any atom is -0.618 e. The Morgan fingerprint density at radius 2 is 2.04 bits per heavy atom. The lowest BCUT2D eigenvalue weighted by Gasteiger charge is -2.30. The summed E-state index contributed by atoms with van der Waals surface area (Å²) in [4.78, 5) is 0. The minimum absolute atomic E-state index is 0.254. The number of pyridine rings is 1. The lowest BCUT2D eigenvalue weighted by atomic mass is 10.1. The summed E-state index contributed by atoms with van der Waals surface area (Å²) >= 11 is 0. The number of para-hydroxylation sites is 2. The molecule has 3 rings (SSSR count). The van der Waals surface area contributed by atoms with Crippen LogP contribution in [0.15, 0.2) is 48.7 Å². The highest BCUT2D eigenvalue weighted by molar-refractivity contribution is 5.40. The third kappa shape index (κ3) is 3.77. The Kier molecular flexibility index (Phi) is 5.51. The molecule has 1 aromatic heterocycles. The first-order valence-corrected chi connectivity index (χ1v) is 8.18. The summed E-state index contributed by atoms with van der Waals surface area (Å²) in [5, 5.41) is 15.5. The third-order valence-corrected chi connectivity index (χ3v) is 3.84. The van der Waals surface area contributed by atoms with Crippen LogP contribution in [-0.4, -0.2) is 32.4 Å². The number of benzene rings is 1. The van der Waals surface area contributed by atoms with Crippen LogP contribution in [0.3, 0.4) is 0 Å². The van der Waals surface area contributed by atoms with Gasteiger partial charge < -0.3 is 24.7 Å². The van der Waals surface area contributed by atoms with Crippen LogP contribution in [0, 0.1) is 5.21 Å². The van der Waals surface area contributed by atoms with Crippen molar-refractivity contribution in [3.8, 4) is 11.5 Å². The van der Waals surface area contributed by atoms with Crippen LogP contribution >= 0.6 is 0 Å². The van der Waals surface area contributed by atoms with Gasteiger partial charge in [0, 0.05) is 25.2 Å². The largest absolute Gasteiger partial charge is 0.618 e. The highest BCUT2D eigenvalue weighted by Crippen LogP contribution is 2.32. The van der Waals surface area contributed by atoms with Crippen LogP contribution in [0.25, 0.3) is 0 Å². The lowest BCUT2D eigenvalue weighted by molar-refractivity contribution is -0.619. The Morgan fingerprint density at radius 1 is 1.25 bits per heavy atom. The van der Waals surface area contributed by atoms with Gasteiger partial charge in [-0.2, -0.15) is 4.73 Å². The van der Waals surface area contributed by atoms with E-state index < -0.39 is 6.10 Å². The number of rotatable bonds is 6. The van der Waals surface area contributed by atoms with Gasteiger partial charge >= 0.3 is 0 Å². The molecule has 1 fully saturated rings. The number of hydrogen-bond donors (Lipinski definition) is 1. The van der Waals surface area contributed by atoms with Crippen molar-refractivity contribution in [3.05, 3.63) is 59.6 Å². The second kappa shape index (κ2) is 7.99. The summed E-state index contributed by atoms with van der Waals surface area (Å²) in [6.07, 6.45) is 0.685. The van der Waals surface area contributed by atoms with Gasteiger partial charge in [0.05, 0.1) is 13.2 Å². The van der Waals surface area contributed by atoms with Gasteiger partial charge in [-0.3, -0.25) is 0 Å². The van der Waals surface area contributed by atoms with Crippen LogP contribution in [0.4, 0.5) is 0 Å². The molecule has 0 amide bonds. The molecule has 0 bridgehead atoms. The minimum atomic E-state index is -0.530. The van der Waals surface area contributed by atoms with E-state index >= 15 is 0 Å². The Labute approximate surface area is 141 Å². The average molecular weight is 330 g/mol. The molecule has 24 heavy (non-hydrogen) atoms. The fourth-order valence-corrected chi connectivity index (χ4v) is 2.73. The molecule has 2 heterocycles. The molecule has 1 aliphatic heterocycles. The van der Waals surface area contributed by atoms with Crippen molar-refractivity contribution in [2.24, 2.45) is 0 Å². The zero-order valence-corrected chi connectivity index (χ0v) is 13.7. The highest BCUT2D eigenvalue weighted by atomic mass is 16.6. The smallest absolute Gasteiger partial charge is 0.236 e. The van der Waals surface area contributed by atoms with Crippen molar-refractivity contribution in [1.29, 1.82) is 0 Å². The van der Waals surface area contributed by atoms with Gasteiger partial charge in [-0.15, -0.1) is 0 Å². The van der Waals surface area contributed by atoms with Gasteiger partial charge in [0.25, 0.3) is 0 Å². The molecule has 0 spiro atoms. The van der Waals surface area contributed by atoms with Gasteiger partial charge in [-0.05, 0) is 25.1 Å². The quantitative estimate of drug-likeness (QED) is 0.646. The SMILES string of the molecule is CCOc1ccccc1OC(c1cccc[n+]1[O-])C1CNCCO1. The Bertz CT molecular complexity index is 659. The Hall–Kier alpha value is -2.31. The molecule has 6 heteroatoms. The standard InChI is InChI=1S/C18H22N2O4/c1-2-22-15-8-3-4-9-16(15)24-18(17-13-19-10-12-23-17)14-7-5-6-11-20(14)21/h3-9,11,17-19H,2,10,12-13H2,1H3. The van der Waals surface area contributed by atoms with Gasteiger partial charge in [0.1, 0.15) is 6.10 Å². The number of nitrogens with one attached hydrogen (secondary N) is 1. The average Bonchev–Trinajstić information content (AvgIpc) is 2.63. The van der Waals surface area contributed by atoms with Gasteiger partial charge in [-0.1, -0.05) is 12.1 Å².